The van der Waals surface area contributed by atoms with E-state index in [-0.39, 0.29) is 5.78 Å². The number of hydrogen-bond donors (Lipinski definition) is 3. The summed E-state index contributed by atoms with van der Waals surface area (Å²) in [6.45, 7) is 0.313. The SMILES string of the molecule is NC(=O)N1C(c2ncc[nH]2)=C2C=NNCC3=C2C1C=CC3=O. The molecule has 3 aliphatic rings. The summed E-state index contributed by atoms with van der Waals surface area (Å²) < 4.78 is 0. The molecule has 1 aromatic rings. The molecule has 0 fully saturated rings. The molecule has 0 spiro atoms. The summed E-state index contributed by atoms with van der Waals surface area (Å²) in [7, 11) is 0. The fourth-order valence-electron chi connectivity index (χ4n) is 3.05. The zero-order valence-electron chi connectivity index (χ0n) is 11.4. The van der Waals surface area contributed by atoms with Gasteiger partial charge in [-0.1, -0.05) is 6.08 Å². The lowest BCUT2D eigenvalue weighted by Crippen LogP contribution is -2.40. The Kier molecular flexibility index (Phi) is 2.52. The van der Waals surface area contributed by atoms with Crippen LogP contribution in [0.3, 0.4) is 0 Å². The Morgan fingerprint density at radius 2 is 2.32 bits per heavy atom. The lowest BCUT2D eigenvalue weighted by molar-refractivity contribution is -0.111. The number of nitrogens with one attached hydrogen (secondary N) is 2. The van der Waals surface area contributed by atoms with Gasteiger partial charge in [-0.05, 0) is 11.6 Å². The van der Waals surface area contributed by atoms with E-state index in [0.29, 0.717) is 29.2 Å². The number of hydrogen-bond acceptors (Lipinski definition) is 5. The predicted octanol–water partition coefficient (Wildman–Crippen LogP) is -0.0918. The van der Waals surface area contributed by atoms with Crippen LogP contribution in [0.4, 0.5) is 4.79 Å². The van der Waals surface area contributed by atoms with Gasteiger partial charge in [0.05, 0.1) is 24.5 Å². The summed E-state index contributed by atoms with van der Waals surface area (Å²) in [6, 6.07) is -1.02. The molecule has 1 aromatic heterocycles. The Balaban J connectivity index is 2.03. The Morgan fingerprint density at radius 3 is 3.05 bits per heavy atom. The summed E-state index contributed by atoms with van der Waals surface area (Å²) in [5.74, 6) is 0.413. The zero-order valence-corrected chi connectivity index (χ0v) is 11.4. The maximum absolute atomic E-state index is 12.1. The topological polar surface area (TPSA) is 116 Å². The Hall–Kier alpha value is -3.16. The normalized spacial score (nSPS) is 22.8. The van der Waals surface area contributed by atoms with Gasteiger partial charge >= 0.3 is 6.03 Å². The number of aromatic amines is 1. The number of aromatic nitrogens is 2. The van der Waals surface area contributed by atoms with Crippen LogP contribution in [0.5, 0.6) is 0 Å². The molecule has 2 aliphatic heterocycles. The molecular weight excluding hydrogens is 284 g/mol. The van der Waals surface area contributed by atoms with Crippen molar-refractivity contribution in [3.63, 3.8) is 0 Å². The van der Waals surface area contributed by atoms with Crippen molar-refractivity contribution in [1.82, 2.24) is 20.3 Å². The van der Waals surface area contributed by atoms with Crippen LogP contribution in [0.25, 0.3) is 5.70 Å². The molecule has 22 heavy (non-hydrogen) atoms. The molecule has 3 heterocycles. The second kappa shape index (κ2) is 4.42. The molecule has 0 saturated heterocycles. The number of amides is 2. The molecule has 0 radical (unpaired) electrons. The van der Waals surface area contributed by atoms with Crippen molar-refractivity contribution in [1.29, 1.82) is 0 Å². The smallest absolute Gasteiger partial charge is 0.320 e. The molecule has 8 nitrogen and oxygen atoms in total. The Morgan fingerprint density at radius 1 is 1.45 bits per heavy atom. The number of nitrogens with zero attached hydrogens (tertiary/aromatic N) is 3. The van der Waals surface area contributed by atoms with Crippen LogP contribution in [0.15, 0.2) is 46.4 Å². The molecule has 1 unspecified atom stereocenters. The first kappa shape index (κ1) is 12.6. The summed E-state index contributed by atoms with van der Waals surface area (Å²) in [5, 5.41) is 4.09. The number of hydrazone groups is 1. The number of imidazole rings is 1. The second-order valence-corrected chi connectivity index (χ2v) is 5.06. The number of carbonyl (C=O) groups is 2. The molecule has 0 saturated carbocycles. The van der Waals surface area contributed by atoms with Crippen molar-refractivity contribution in [2.24, 2.45) is 10.8 Å². The third-order valence-electron chi connectivity index (χ3n) is 3.91. The van der Waals surface area contributed by atoms with E-state index < -0.39 is 12.1 Å². The van der Waals surface area contributed by atoms with E-state index in [2.05, 4.69) is 20.5 Å². The fraction of sp³-hybridized carbons (Fsp3) is 0.143. The quantitative estimate of drug-likeness (QED) is 0.671. The average molecular weight is 296 g/mol. The van der Waals surface area contributed by atoms with Gasteiger partial charge in [-0.2, -0.15) is 5.10 Å². The number of ketones is 1. The number of nitrogens with two attached hydrogens (primary N) is 1. The minimum absolute atomic E-state index is 0.0909. The lowest BCUT2D eigenvalue weighted by atomic mass is 9.89. The first-order chi connectivity index (χ1) is 10.7. The van der Waals surface area contributed by atoms with E-state index in [0.717, 1.165) is 5.57 Å². The summed E-state index contributed by atoms with van der Waals surface area (Å²) in [4.78, 5) is 32.8. The highest BCUT2D eigenvalue weighted by atomic mass is 16.2. The molecule has 0 aromatic carbocycles. The summed E-state index contributed by atoms with van der Waals surface area (Å²) >= 11 is 0. The minimum Gasteiger partial charge on any atom is -0.351 e. The molecule has 0 bridgehead atoms. The van der Waals surface area contributed by atoms with E-state index in [4.69, 9.17) is 5.73 Å². The number of carbonyl (C=O) groups excluding carboxylic acids is 2. The van der Waals surface area contributed by atoms with E-state index >= 15 is 0 Å². The third-order valence-corrected chi connectivity index (χ3v) is 3.91. The van der Waals surface area contributed by atoms with Gasteiger partial charge in [0.15, 0.2) is 11.6 Å². The minimum atomic E-state index is -0.607. The van der Waals surface area contributed by atoms with Crippen LogP contribution in [-0.2, 0) is 4.79 Å². The van der Waals surface area contributed by atoms with Crippen LogP contribution in [-0.4, -0.2) is 45.5 Å². The second-order valence-electron chi connectivity index (χ2n) is 5.06. The van der Waals surface area contributed by atoms with Gasteiger partial charge in [0.25, 0.3) is 0 Å². The van der Waals surface area contributed by atoms with Crippen LogP contribution in [0, 0.1) is 0 Å². The first-order valence-corrected chi connectivity index (χ1v) is 6.73. The number of rotatable bonds is 1. The zero-order chi connectivity index (χ0) is 15.3. The van der Waals surface area contributed by atoms with Crippen molar-refractivity contribution < 1.29 is 9.59 Å². The monoisotopic (exact) mass is 296 g/mol. The highest BCUT2D eigenvalue weighted by molar-refractivity contribution is 6.12. The summed E-state index contributed by atoms with van der Waals surface area (Å²) in [6.07, 6.45) is 8.00. The highest BCUT2D eigenvalue weighted by Gasteiger charge is 2.43. The largest absolute Gasteiger partial charge is 0.351 e. The molecular formula is C14H12N6O2. The van der Waals surface area contributed by atoms with Crippen LogP contribution < -0.4 is 11.2 Å². The van der Waals surface area contributed by atoms with Gasteiger partial charge in [-0.3, -0.25) is 9.69 Å². The predicted molar refractivity (Wildman–Crippen MR) is 78.4 cm³/mol. The number of H-pyrrole nitrogens is 1. The number of allylic oxidation sites excluding steroid dienone is 1. The molecule has 4 N–H and O–H groups in total. The molecule has 1 atom stereocenters. The van der Waals surface area contributed by atoms with Gasteiger partial charge < -0.3 is 16.1 Å². The summed E-state index contributed by atoms with van der Waals surface area (Å²) in [5.41, 5.74) is 10.9. The average Bonchev–Trinajstić information content (AvgIpc) is 3.05. The van der Waals surface area contributed by atoms with E-state index in [1.54, 1.807) is 24.7 Å². The Bertz CT molecular complexity index is 799. The Labute approximate surface area is 125 Å². The van der Waals surface area contributed by atoms with E-state index in [9.17, 15) is 9.59 Å². The molecule has 4 rings (SSSR count). The molecule has 1 aliphatic carbocycles. The maximum atomic E-state index is 12.1. The number of primary amides is 1. The maximum Gasteiger partial charge on any atom is 0.320 e. The van der Waals surface area contributed by atoms with E-state index in [1.807, 2.05) is 0 Å². The third kappa shape index (κ3) is 1.57. The lowest BCUT2D eigenvalue weighted by Gasteiger charge is -2.26. The van der Waals surface area contributed by atoms with E-state index in [1.165, 1.54) is 11.0 Å². The van der Waals surface area contributed by atoms with Gasteiger partial charge in [0.1, 0.15) is 0 Å². The van der Waals surface area contributed by atoms with Crippen LogP contribution >= 0.6 is 0 Å². The number of urea groups is 1. The fourth-order valence-corrected chi connectivity index (χ4v) is 3.05. The van der Waals surface area contributed by atoms with Crippen molar-refractivity contribution >= 4 is 23.7 Å². The van der Waals surface area contributed by atoms with Gasteiger partial charge in [0, 0.05) is 23.5 Å². The standard InChI is InChI=1S/C14H12N6O2/c15-14(22)20-9-1-2-10(21)7-5-18-19-6-8(11(7)9)12(20)13-16-3-4-17-13/h1-4,6,9,18H,5H2,(H2,15,22)(H,16,17). The van der Waals surface area contributed by atoms with Gasteiger partial charge in [-0.15, -0.1) is 0 Å². The van der Waals surface area contributed by atoms with Crippen LogP contribution in [0.1, 0.15) is 5.82 Å². The van der Waals surface area contributed by atoms with Crippen molar-refractivity contribution in [2.45, 2.75) is 6.04 Å². The van der Waals surface area contributed by atoms with Crippen molar-refractivity contribution in [3.8, 4) is 0 Å². The van der Waals surface area contributed by atoms with Crippen molar-refractivity contribution in [3.05, 3.63) is 47.1 Å². The molecule has 8 heteroatoms. The van der Waals surface area contributed by atoms with Gasteiger partial charge in [0.2, 0.25) is 0 Å². The molecule has 110 valence electrons. The van der Waals surface area contributed by atoms with Gasteiger partial charge in [-0.25, -0.2) is 9.78 Å². The van der Waals surface area contributed by atoms with Crippen molar-refractivity contribution in [2.75, 3.05) is 6.54 Å². The first-order valence-electron chi connectivity index (χ1n) is 6.73. The van der Waals surface area contributed by atoms with Crippen LogP contribution in [0.2, 0.25) is 0 Å². The highest BCUT2D eigenvalue weighted by Crippen LogP contribution is 2.41. The molecule has 2 amide bonds.